The van der Waals surface area contributed by atoms with Crippen molar-refractivity contribution < 1.29 is 28.9 Å². The van der Waals surface area contributed by atoms with Gasteiger partial charge in [-0.05, 0) is 30.1 Å². The summed E-state index contributed by atoms with van der Waals surface area (Å²) in [4.78, 5) is 24.9. The molecule has 0 unspecified atom stereocenters. The highest BCUT2D eigenvalue weighted by molar-refractivity contribution is 5.88. The van der Waals surface area contributed by atoms with Gasteiger partial charge in [0.25, 0.3) is 0 Å². The molecule has 0 aromatic carbocycles. The van der Waals surface area contributed by atoms with Crippen molar-refractivity contribution in [2.75, 3.05) is 0 Å². The number of cyclic esters (lactones) is 1. The van der Waals surface area contributed by atoms with Gasteiger partial charge in [-0.1, -0.05) is 20.8 Å². The third-order valence-electron chi connectivity index (χ3n) is 7.00. The third kappa shape index (κ3) is 1.59. The fourth-order valence-electron chi connectivity index (χ4n) is 5.77. The summed E-state index contributed by atoms with van der Waals surface area (Å²) >= 11 is 0. The zero-order valence-electron chi connectivity index (χ0n) is 14.7. The van der Waals surface area contributed by atoms with Gasteiger partial charge in [0.1, 0.15) is 23.7 Å². The molecule has 5 aliphatic rings. The zero-order chi connectivity index (χ0) is 17.9. The fraction of sp³-hybridized carbons (Fsp3) is 0.684. The smallest absolute Gasteiger partial charge is 0.331 e. The second-order valence-electron chi connectivity index (χ2n) is 8.66. The number of esters is 2. The van der Waals surface area contributed by atoms with Crippen LogP contribution in [-0.4, -0.2) is 47.6 Å². The minimum atomic E-state index is -1.03. The highest BCUT2D eigenvalue weighted by Crippen LogP contribution is 2.69. The SMILES string of the molecule is CC(C)[C@H]1OC(=O)C=C2C1=C[C@@H]1OC(=O)[C@]3(C)[C@H]1[C@]2(C)[C@H]1O[C@H]1[C@@H]3O. The first-order valence-corrected chi connectivity index (χ1v) is 8.90. The molecule has 0 aromatic heterocycles. The van der Waals surface area contributed by atoms with E-state index in [-0.39, 0.29) is 36.0 Å². The van der Waals surface area contributed by atoms with E-state index in [1.54, 1.807) is 13.0 Å². The van der Waals surface area contributed by atoms with E-state index in [0.29, 0.717) is 0 Å². The van der Waals surface area contributed by atoms with Crippen LogP contribution in [0.4, 0.5) is 0 Å². The topological polar surface area (TPSA) is 85.4 Å². The molecule has 0 aromatic rings. The van der Waals surface area contributed by atoms with E-state index in [1.807, 2.05) is 26.8 Å². The van der Waals surface area contributed by atoms with Gasteiger partial charge in [0.05, 0.1) is 12.2 Å². The van der Waals surface area contributed by atoms with E-state index in [0.717, 1.165) is 11.1 Å². The Morgan fingerprint density at radius 1 is 1.16 bits per heavy atom. The molecule has 1 N–H and O–H groups in total. The highest BCUT2D eigenvalue weighted by Gasteiger charge is 2.78. The van der Waals surface area contributed by atoms with Crippen molar-refractivity contribution in [1.29, 1.82) is 0 Å². The molecule has 5 rings (SSSR count). The number of rotatable bonds is 1. The molecule has 0 radical (unpaired) electrons. The lowest BCUT2D eigenvalue weighted by molar-refractivity contribution is -0.154. The maximum Gasteiger partial charge on any atom is 0.331 e. The van der Waals surface area contributed by atoms with E-state index in [9.17, 15) is 14.7 Å². The standard InChI is InChI=1S/C19H22O6/c1-7(2)12-8-5-10-14-18(3,9(8)6-11(20)24-12)16-13(25-16)15(21)19(14,4)17(22)23-10/h5-7,10,12-16,21H,1-4H3/t10-,12+,13-,14+,15-,16-,18+,19+/m0/s1. The number of hydrogen-bond donors (Lipinski definition) is 1. The number of ether oxygens (including phenoxy) is 3. The quantitative estimate of drug-likeness (QED) is 0.566. The van der Waals surface area contributed by atoms with Gasteiger partial charge in [-0.15, -0.1) is 0 Å². The molecule has 3 heterocycles. The van der Waals surface area contributed by atoms with E-state index >= 15 is 0 Å². The second-order valence-corrected chi connectivity index (χ2v) is 8.66. The number of fused-ring (bicyclic) bond motifs is 4. The van der Waals surface area contributed by atoms with Crippen molar-refractivity contribution in [3.63, 3.8) is 0 Å². The van der Waals surface area contributed by atoms with Crippen LogP contribution in [0.2, 0.25) is 0 Å². The Bertz CT molecular complexity index is 766. The molecule has 134 valence electrons. The first-order chi connectivity index (χ1) is 11.7. The molecule has 2 aliphatic carbocycles. The van der Waals surface area contributed by atoms with Gasteiger partial charge in [-0.25, -0.2) is 4.79 Å². The summed E-state index contributed by atoms with van der Waals surface area (Å²) in [6.07, 6.45) is 1.17. The number of carbonyl (C=O) groups excluding carboxylic acids is 2. The average molecular weight is 346 g/mol. The maximum absolute atomic E-state index is 12.7. The van der Waals surface area contributed by atoms with Gasteiger partial charge < -0.3 is 19.3 Å². The van der Waals surface area contributed by atoms with Crippen molar-refractivity contribution in [3.05, 3.63) is 23.3 Å². The second kappa shape index (κ2) is 4.35. The van der Waals surface area contributed by atoms with Crippen molar-refractivity contribution in [2.24, 2.45) is 22.7 Å². The number of hydrogen-bond acceptors (Lipinski definition) is 6. The van der Waals surface area contributed by atoms with Gasteiger partial charge in [0.15, 0.2) is 0 Å². The minimum absolute atomic E-state index is 0.104. The number of aliphatic hydroxyl groups is 1. The third-order valence-corrected chi connectivity index (χ3v) is 7.00. The largest absolute Gasteiger partial charge is 0.457 e. The van der Waals surface area contributed by atoms with Gasteiger partial charge in [0, 0.05) is 17.4 Å². The maximum atomic E-state index is 12.7. The average Bonchev–Trinajstić information content (AvgIpc) is 3.29. The van der Waals surface area contributed by atoms with E-state index in [2.05, 4.69) is 0 Å². The Balaban J connectivity index is 1.75. The predicted octanol–water partition coefficient (Wildman–Crippen LogP) is 1.13. The molecule has 0 bridgehead atoms. The monoisotopic (exact) mass is 346 g/mol. The van der Waals surface area contributed by atoms with Crippen LogP contribution in [0.5, 0.6) is 0 Å². The van der Waals surface area contributed by atoms with Crippen molar-refractivity contribution in [2.45, 2.75) is 58.2 Å². The van der Waals surface area contributed by atoms with Gasteiger partial charge >= 0.3 is 11.9 Å². The highest BCUT2D eigenvalue weighted by atomic mass is 16.6. The van der Waals surface area contributed by atoms with Crippen LogP contribution in [-0.2, 0) is 23.8 Å². The van der Waals surface area contributed by atoms with Crippen LogP contribution in [0.1, 0.15) is 27.7 Å². The molecule has 0 amide bonds. The summed E-state index contributed by atoms with van der Waals surface area (Å²) < 4.78 is 17.1. The van der Waals surface area contributed by atoms with E-state index < -0.39 is 29.1 Å². The first kappa shape index (κ1) is 15.6. The van der Waals surface area contributed by atoms with Crippen molar-refractivity contribution >= 4 is 11.9 Å². The van der Waals surface area contributed by atoms with Crippen LogP contribution >= 0.6 is 0 Å². The van der Waals surface area contributed by atoms with Crippen molar-refractivity contribution in [3.8, 4) is 0 Å². The molecule has 6 nitrogen and oxygen atoms in total. The molecule has 8 atom stereocenters. The molecule has 2 saturated heterocycles. The van der Waals surface area contributed by atoms with Gasteiger partial charge in [-0.2, -0.15) is 0 Å². The van der Waals surface area contributed by atoms with E-state index in [1.165, 1.54) is 0 Å². The molecular formula is C19H22O6. The summed E-state index contributed by atoms with van der Waals surface area (Å²) in [6, 6.07) is 0. The summed E-state index contributed by atoms with van der Waals surface area (Å²) in [5.41, 5.74) is 0.203. The Labute approximate surface area is 145 Å². The Kier molecular flexibility index (Phi) is 2.71. The van der Waals surface area contributed by atoms with Gasteiger partial charge in [-0.3, -0.25) is 4.79 Å². The Hall–Kier alpha value is -1.66. The van der Waals surface area contributed by atoms with Crippen LogP contribution < -0.4 is 0 Å². The first-order valence-electron chi connectivity index (χ1n) is 8.90. The lowest BCUT2D eigenvalue weighted by Gasteiger charge is -2.52. The van der Waals surface area contributed by atoms with E-state index in [4.69, 9.17) is 14.2 Å². The number of aliphatic hydroxyl groups excluding tert-OH is 1. The number of carbonyl (C=O) groups is 2. The van der Waals surface area contributed by atoms with Crippen LogP contribution in [0.3, 0.4) is 0 Å². The van der Waals surface area contributed by atoms with Crippen LogP contribution in [0, 0.1) is 22.7 Å². The fourth-order valence-corrected chi connectivity index (χ4v) is 5.77. The normalized spacial score (nSPS) is 52.4. The summed E-state index contributed by atoms with van der Waals surface area (Å²) in [7, 11) is 0. The number of epoxide rings is 1. The van der Waals surface area contributed by atoms with Crippen LogP contribution in [0.15, 0.2) is 23.3 Å². The van der Waals surface area contributed by atoms with Crippen LogP contribution in [0.25, 0.3) is 0 Å². The summed E-state index contributed by atoms with van der Waals surface area (Å²) in [5.74, 6) is -0.909. The molecule has 3 aliphatic heterocycles. The lowest BCUT2D eigenvalue weighted by atomic mass is 9.48. The Morgan fingerprint density at radius 2 is 1.88 bits per heavy atom. The van der Waals surface area contributed by atoms with Gasteiger partial charge in [0.2, 0.25) is 0 Å². The Morgan fingerprint density at radius 3 is 2.56 bits per heavy atom. The molecule has 0 spiro atoms. The lowest BCUT2D eigenvalue weighted by Crippen LogP contribution is -2.60. The molecule has 3 fully saturated rings. The zero-order valence-corrected chi connectivity index (χ0v) is 14.7. The summed E-state index contributed by atoms with van der Waals surface area (Å²) in [6.45, 7) is 7.81. The predicted molar refractivity (Wildman–Crippen MR) is 85.1 cm³/mol. The molecular weight excluding hydrogens is 324 g/mol. The molecule has 25 heavy (non-hydrogen) atoms. The molecule has 6 heteroatoms. The molecule has 1 saturated carbocycles. The van der Waals surface area contributed by atoms with Crippen molar-refractivity contribution in [1.82, 2.24) is 0 Å². The minimum Gasteiger partial charge on any atom is -0.457 e. The summed E-state index contributed by atoms with van der Waals surface area (Å²) in [5, 5.41) is 10.7.